The Balaban J connectivity index is 3.75. The van der Waals surface area contributed by atoms with Crippen molar-refractivity contribution in [2.75, 3.05) is 33.0 Å². The summed E-state index contributed by atoms with van der Waals surface area (Å²) in [6.07, 6.45) is 15.6. The molecule has 3 N–H and O–H groups in total. The van der Waals surface area contributed by atoms with E-state index in [9.17, 15) is 14.3 Å². The lowest BCUT2D eigenvalue weighted by atomic mass is 10.1. The van der Waals surface area contributed by atoms with Crippen molar-refractivity contribution in [3.05, 3.63) is 12.2 Å². The molecule has 0 spiro atoms. The lowest BCUT2D eigenvalue weighted by Crippen LogP contribution is -2.27. The molecule has 0 aromatic carbocycles. The Morgan fingerprint density at radius 1 is 0.967 bits per heavy atom. The van der Waals surface area contributed by atoms with Gasteiger partial charge in [0.15, 0.2) is 0 Å². The molecular weight excluding hydrogens is 409 g/mol. The van der Waals surface area contributed by atoms with Crippen molar-refractivity contribution < 1.29 is 32.8 Å². The molecule has 0 aliphatic carbocycles. The zero-order chi connectivity index (χ0) is 22.5. The third-order valence-electron chi connectivity index (χ3n) is 4.23. The first kappa shape index (κ1) is 29.2. The molecule has 0 aromatic heterocycles. The summed E-state index contributed by atoms with van der Waals surface area (Å²) in [5.74, 6) is -0.511. The number of hydrogen-bond donors (Lipinski definition) is 2. The number of phosphoric ester groups is 1. The SMILES string of the molecule is CCCC/C=C\CCCCCCCCOCC(COP(=O)(O)OCCN)OC(C)=O. The van der Waals surface area contributed by atoms with Gasteiger partial charge in [-0.1, -0.05) is 57.6 Å². The molecule has 9 heteroatoms. The quantitative estimate of drug-likeness (QED) is 0.113. The highest BCUT2D eigenvalue weighted by molar-refractivity contribution is 7.47. The molecule has 0 saturated heterocycles. The second-order valence-corrected chi connectivity index (χ2v) is 8.67. The molecule has 2 atom stereocenters. The lowest BCUT2D eigenvalue weighted by molar-refractivity contribution is -0.151. The van der Waals surface area contributed by atoms with Crippen LogP contribution in [0.25, 0.3) is 0 Å². The summed E-state index contributed by atoms with van der Waals surface area (Å²) in [5, 5.41) is 0. The number of nitrogens with two attached hydrogens (primary N) is 1. The van der Waals surface area contributed by atoms with E-state index in [0.29, 0.717) is 6.61 Å². The van der Waals surface area contributed by atoms with Gasteiger partial charge in [-0.25, -0.2) is 4.57 Å². The molecule has 30 heavy (non-hydrogen) atoms. The zero-order valence-corrected chi connectivity index (χ0v) is 19.7. The third kappa shape index (κ3) is 20.5. The van der Waals surface area contributed by atoms with E-state index in [2.05, 4.69) is 23.6 Å². The van der Waals surface area contributed by atoms with Gasteiger partial charge < -0.3 is 20.1 Å². The summed E-state index contributed by atoms with van der Waals surface area (Å²) in [4.78, 5) is 20.7. The van der Waals surface area contributed by atoms with E-state index < -0.39 is 19.9 Å². The van der Waals surface area contributed by atoms with Gasteiger partial charge in [0.2, 0.25) is 0 Å². The van der Waals surface area contributed by atoms with Gasteiger partial charge in [0.05, 0.1) is 19.8 Å². The predicted octanol–water partition coefficient (Wildman–Crippen LogP) is 4.50. The molecule has 0 aliphatic rings. The van der Waals surface area contributed by atoms with Crippen LogP contribution in [0.2, 0.25) is 0 Å². The molecule has 0 radical (unpaired) electrons. The van der Waals surface area contributed by atoms with Crippen LogP contribution >= 0.6 is 7.82 Å². The normalized spacial score (nSPS) is 14.7. The lowest BCUT2D eigenvalue weighted by Gasteiger charge is -2.19. The van der Waals surface area contributed by atoms with Gasteiger partial charge in [0.25, 0.3) is 0 Å². The van der Waals surface area contributed by atoms with Crippen LogP contribution in [0.3, 0.4) is 0 Å². The maximum absolute atomic E-state index is 11.6. The summed E-state index contributed by atoms with van der Waals surface area (Å²) in [6, 6.07) is 0. The molecule has 2 unspecified atom stereocenters. The number of rotatable bonds is 21. The second-order valence-electron chi connectivity index (χ2n) is 7.22. The zero-order valence-electron chi connectivity index (χ0n) is 18.8. The summed E-state index contributed by atoms with van der Waals surface area (Å²) in [6.45, 7) is 3.82. The van der Waals surface area contributed by atoms with Crippen LogP contribution < -0.4 is 5.73 Å². The van der Waals surface area contributed by atoms with E-state index in [1.165, 1.54) is 58.3 Å². The Morgan fingerprint density at radius 3 is 2.23 bits per heavy atom. The number of carbonyl (C=O) groups is 1. The van der Waals surface area contributed by atoms with Crippen molar-refractivity contribution in [1.82, 2.24) is 0 Å². The first-order valence-corrected chi connectivity index (χ1v) is 12.6. The Morgan fingerprint density at radius 2 is 1.60 bits per heavy atom. The monoisotopic (exact) mass is 451 g/mol. The minimum absolute atomic E-state index is 0.0977. The Kier molecular flexibility index (Phi) is 19.6. The minimum Gasteiger partial charge on any atom is -0.458 e. The fourth-order valence-corrected chi connectivity index (χ4v) is 3.44. The van der Waals surface area contributed by atoms with E-state index in [1.807, 2.05) is 0 Å². The molecule has 0 aromatic rings. The fourth-order valence-electron chi connectivity index (χ4n) is 2.68. The summed E-state index contributed by atoms with van der Waals surface area (Å²) in [5.41, 5.74) is 5.22. The number of allylic oxidation sites excluding steroid dienone is 2. The van der Waals surface area contributed by atoms with E-state index in [1.54, 1.807) is 0 Å². The number of unbranched alkanes of at least 4 members (excludes halogenated alkanes) is 8. The van der Waals surface area contributed by atoms with Gasteiger partial charge in [-0.15, -0.1) is 0 Å². The van der Waals surface area contributed by atoms with Crippen molar-refractivity contribution in [3.8, 4) is 0 Å². The molecule has 0 heterocycles. The van der Waals surface area contributed by atoms with Crippen molar-refractivity contribution in [2.24, 2.45) is 5.73 Å². The largest absolute Gasteiger partial charge is 0.472 e. The van der Waals surface area contributed by atoms with E-state index in [4.69, 9.17) is 19.7 Å². The molecule has 8 nitrogen and oxygen atoms in total. The van der Waals surface area contributed by atoms with Crippen LogP contribution in [0, 0.1) is 0 Å². The van der Waals surface area contributed by atoms with Crippen LogP contribution in [-0.4, -0.2) is 49.9 Å². The van der Waals surface area contributed by atoms with E-state index in [0.717, 1.165) is 12.8 Å². The third-order valence-corrected chi connectivity index (χ3v) is 5.22. The number of carbonyl (C=O) groups excluding carboxylic acids is 1. The molecule has 0 fully saturated rings. The Labute approximate surface area is 182 Å². The number of phosphoric acid groups is 1. The predicted molar refractivity (Wildman–Crippen MR) is 118 cm³/mol. The maximum atomic E-state index is 11.6. The van der Waals surface area contributed by atoms with E-state index in [-0.39, 0.29) is 26.4 Å². The van der Waals surface area contributed by atoms with E-state index >= 15 is 0 Å². The van der Waals surface area contributed by atoms with Crippen LogP contribution in [0.5, 0.6) is 0 Å². The molecule has 0 saturated carbocycles. The van der Waals surface area contributed by atoms with Gasteiger partial charge in [0, 0.05) is 20.1 Å². The van der Waals surface area contributed by atoms with Crippen molar-refractivity contribution in [1.29, 1.82) is 0 Å². The molecule has 0 rings (SSSR count). The standard InChI is InChI=1S/C21H42NO7P/c1-3-4-5-6-7-8-9-10-11-12-13-14-16-26-18-21(29-20(2)23)19-28-30(24,25)27-17-15-22/h6-7,21H,3-5,8-19,22H2,1-2H3,(H,24,25)/b7-6-. The van der Waals surface area contributed by atoms with Crippen molar-refractivity contribution >= 4 is 13.8 Å². The number of esters is 1. The Bertz CT molecular complexity index is 488. The van der Waals surface area contributed by atoms with Gasteiger partial charge in [-0.3, -0.25) is 13.8 Å². The molecule has 0 aliphatic heterocycles. The molecule has 0 amide bonds. The fraction of sp³-hybridized carbons (Fsp3) is 0.857. The smallest absolute Gasteiger partial charge is 0.458 e. The van der Waals surface area contributed by atoms with Gasteiger partial charge in [-0.2, -0.15) is 0 Å². The number of ether oxygens (including phenoxy) is 2. The highest BCUT2D eigenvalue weighted by Gasteiger charge is 2.24. The van der Waals surface area contributed by atoms with Crippen LogP contribution in [-0.2, 0) is 27.9 Å². The summed E-state index contributed by atoms with van der Waals surface area (Å²) < 4.78 is 31.7. The molecular formula is C21H42NO7P. The van der Waals surface area contributed by atoms with Crippen molar-refractivity contribution in [3.63, 3.8) is 0 Å². The highest BCUT2D eigenvalue weighted by atomic mass is 31.2. The van der Waals surface area contributed by atoms with Crippen LogP contribution in [0.1, 0.15) is 78.1 Å². The molecule has 178 valence electrons. The van der Waals surface area contributed by atoms with Crippen LogP contribution in [0.4, 0.5) is 0 Å². The topological polar surface area (TPSA) is 117 Å². The summed E-state index contributed by atoms with van der Waals surface area (Å²) >= 11 is 0. The first-order valence-electron chi connectivity index (χ1n) is 11.1. The van der Waals surface area contributed by atoms with Gasteiger partial charge >= 0.3 is 13.8 Å². The van der Waals surface area contributed by atoms with Crippen LogP contribution in [0.15, 0.2) is 12.2 Å². The van der Waals surface area contributed by atoms with Crippen molar-refractivity contribution in [2.45, 2.75) is 84.2 Å². The first-order chi connectivity index (χ1) is 14.4. The maximum Gasteiger partial charge on any atom is 0.472 e. The Hall–Kier alpha value is -0.760. The highest BCUT2D eigenvalue weighted by Crippen LogP contribution is 2.42. The average Bonchev–Trinajstić information content (AvgIpc) is 2.70. The second kappa shape index (κ2) is 20.2. The minimum atomic E-state index is -4.21. The van der Waals surface area contributed by atoms with Gasteiger partial charge in [-0.05, 0) is 25.7 Å². The molecule has 0 bridgehead atoms. The number of hydrogen-bond acceptors (Lipinski definition) is 7. The summed E-state index contributed by atoms with van der Waals surface area (Å²) in [7, 11) is -4.21. The van der Waals surface area contributed by atoms with Gasteiger partial charge in [0.1, 0.15) is 6.10 Å². The average molecular weight is 452 g/mol.